The highest BCUT2D eigenvalue weighted by Crippen LogP contribution is 2.25. The molecule has 0 aliphatic carbocycles. The molecule has 1 aromatic heterocycles. The Labute approximate surface area is 116 Å². The van der Waals surface area contributed by atoms with Gasteiger partial charge in [-0.2, -0.15) is 0 Å². The molecule has 0 bridgehead atoms. The van der Waals surface area contributed by atoms with E-state index in [4.69, 9.17) is 0 Å². The number of hydrogen-bond donors (Lipinski definition) is 1. The van der Waals surface area contributed by atoms with Gasteiger partial charge < -0.3 is 9.88 Å². The van der Waals surface area contributed by atoms with Gasteiger partial charge in [0.1, 0.15) is 0 Å². The van der Waals surface area contributed by atoms with Gasteiger partial charge in [-0.25, -0.2) is 4.98 Å². The van der Waals surface area contributed by atoms with Crippen LogP contribution in [0.25, 0.3) is 11.0 Å². The highest BCUT2D eigenvalue weighted by molar-refractivity contribution is 5.77. The van der Waals surface area contributed by atoms with Crippen LogP contribution in [0.1, 0.15) is 37.9 Å². The van der Waals surface area contributed by atoms with Gasteiger partial charge in [0.25, 0.3) is 0 Å². The molecule has 1 N–H and O–H groups in total. The van der Waals surface area contributed by atoms with Crippen molar-refractivity contribution in [2.45, 2.75) is 40.7 Å². The number of nitrogens with one attached hydrogen (secondary N) is 1. The Bertz CT molecular complexity index is 554. The van der Waals surface area contributed by atoms with Crippen LogP contribution < -0.4 is 5.32 Å². The van der Waals surface area contributed by atoms with E-state index in [1.54, 1.807) is 0 Å². The maximum atomic E-state index is 4.57. The summed E-state index contributed by atoms with van der Waals surface area (Å²) < 4.78 is 2.33. The summed E-state index contributed by atoms with van der Waals surface area (Å²) in [4.78, 5) is 4.57. The van der Waals surface area contributed by atoms with E-state index in [2.05, 4.69) is 61.6 Å². The van der Waals surface area contributed by atoms with Crippen LogP contribution in [0, 0.1) is 19.8 Å². The standard InChI is InChI=1S/C16H25N3/c1-6-17-9-16(11(2)3)19-10-18-14-7-12(4)13(5)8-15(14)19/h7-8,10-11,16-17H,6,9H2,1-5H3. The molecule has 0 aliphatic heterocycles. The Morgan fingerprint density at radius 3 is 2.53 bits per heavy atom. The highest BCUT2D eigenvalue weighted by atomic mass is 15.1. The largest absolute Gasteiger partial charge is 0.326 e. The zero-order valence-electron chi connectivity index (χ0n) is 12.7. The lowest BCUT2D eigenvalue weighted by Gasteiger charge is -2.23. The van der Waals surface area contributed by atoms with Crippen molar-refractivity contribution >= 4 is 11.0 Å². The van der Waals surface area contributed by atoms with Crippen molar-refractivity contribution in [2.75, 3.05) is 13.1 Å². The number of imidazole rings is 1. The third-order valence-electron chi connectivity index (χ3n) is 3.92. The van der Waals surface area contributed by atoms with E-state index in [9.17, 15) is 0 Å². The van der Waals surface area contributed by atoms with Crippen LogP contribution in [-0.4, -0.2) is 22.6 Å². The minimum atomic E-state index is 0.451. The topological polar surface area (TPSA) is 29.9 Å². The van der Waals surface area contributed by atoms with Crippen LogP contribution in [0.5, 0.6) is 0 Å². The van der Waals surface area contributed by atoms with Gasteiger partial charge in [0.2, 0.25) is 0 Å². The van der Waals surface area contributed by atoms with Crippen LogP contribution in [0.2, 0.25) is 0 Å². The second-order valence-electron chi connectivity index (χ2n) is 5.70. The molecule has 3 heteroatoms. The van der Waals surface area contributed by atoms with Crippen LogP contribution in [0.3, 0.4) is 0 Å². The van der Waals surface area contributed by atoms with E-state index < -0.39 is 0 Å². The molecule has 2 rings (SSSR count). The van der Waals surface area contributed by atoms with Crippen molar-refractivity contribution in [1.82, 2.24) is 14.9 Å². The molecule has 1 unspecified atom stereocenters. The molecule has 0 spiro atoms. The van der Waals surface area contributed by atoms with Crippen LogP contribution >= 0.6 is 0 Å². The molecule has 2 aromatic rings. The second kappa shape index (κ2) is 5.74. The smallest absolute Gasteiger partial charge is 0.0961 e. The predicted molar refractivity (Wildman–Crippen MR) is 81.6 cm³/mol. The molecule has 104 valence electrons. The van der Waals surface area contributed by atoms with E-state index in [1.165, 1.54) is 16.6 Å². The number of aromatic nitrogens is 2. The average Bonchev–Trinajstić information content (AvgIpc) is 2.73. The lowest BCUT2D eigenvalue weighted by atomic mass is 10.0. The van der Waals surface area contributed by atoms with Gasteiger partial charge >= 0.3 is 0 Å². The Kier molecular flexibility index (Phi) is 4.25. The molecule has 3 nitrogen and oxygen atoms in total. The number of rotatable bonds is 5. The predicted octanol–water partition coefficient (Wildman–Crippen LogP) is 3.46. The summed E-state index contributed by atoms with van der Waals surface area (Å²) in [5.74, 6) is 0.582. The van der Waals surface area contributed by atoms with Crippen LogP contribution in [0.15, 0.2) is 18.5 Å². The van der Waals surface area contributed by atoms with E-state index in [1.807, 2.05) is 6.33 Å². The lowest BCUT2D eigenvalue weighted by Crippen LogP contribution is -2.28. The molecule has 19 heavy (non-hydrogen) atoms. The third kappa shape index (κ3) is 2.81. The van der Waals surface area contributed by atoms with Gasteiger partial charge in [-0.3, -0.25) is 0 Å². The molecule has 0 fully saturated rings. The zero-order valence-corrected chi connectivity index (χ0v) is 12.7. The van der Waals surface area contributed by atoms with Crippen LogP contribution in [-0.2, 0) is 0 Å². The number of hydrogen-bond acceptors (Lipinski definition) is 2. The van der Waals surface area contributed by atoms with Crippen molar-refractivity contribution in [3.05, 3.63) is 29.6 Å². The van der Waals surface area contributed by atoms with Gasteiger partial charge in [0.05, 0.1) is 17.4 Å². The lowest BCUT2D eigenvalue weighted by molar-refractivity contribution is 0.366. The van der Waals surface area contributed by atoms with Gasteiger partial charge in [-0.05, 0) is 49.6 Å². The van der Waals surface area contributed by atoms with Gasteiger partial charge in [0.15, 0.2) is 0 Å². The fourth-order valence-corrected chi connectivity index (χ4v) is 2.49. The Morgan fingerprint density at radius 1 is 1.21 bits per heavy atom. The zero-order chi connectivity index (χ0) is 14.0. The normalized spacial score (nSPS) is 13.4. The summed E-state index contributed by atoms with van der Waals surface area (Å²) in [5.41, 5.74) is 5.00. The van der Waals surface area contributed by atoms with Crippen molar-refractivity contribution in [2.24, 2.45) is 5.92 Å². The molecular weight excluding hydrogens is 234 g/mol. The maximum absolute atomic E-state index is 4.57. The van der Waals surface area contributed by atoms with Gasteiger partial charge in [-0.15, -0.1) is 0 Å². The summed E-state index contributed by atoms with van der Waals surface area (Å²) in [5, 5.41) is 3.46. The van der Waals surface area contributed by atoms with Crippen molar-refractivity contribution in [3.8, 4) is 0 Å². The summed E-state index contributed by atoms with van der Waals surface area (Å²) in [7, 11) is 0. The fourth-order valence-electron chi connectivity index (χ4n) is 2.49. The monoisotopic (exact) mass is 259 g/mol. The molecule has 0 radical (unpaired) electrons. The number of fused-ring (bicyclic) bond motifs is 1. The number of likely N-dealkylation sites (N-methyl/N-ethyl adjacent to an activating group) is 1. The first-order valence-electron chi connectivity index (χ1n) is 7.19. The average molecular weight is 259 g/mol. The minimum absolute atomic E-state index is 0.451. The third-order valence-corrected chi connectivity index (χ3v) is 3.92. The first-order chi connectivity index (χ1) is 9.04. The number of benzene rings is 1. The molecular formula is C16H25N3. The maximum Gasteiger partial charge on any atom is 0.0961 e. The van der Waals surface area contributed by atoms with Crippen molar-refractivity contribution in [3.63, 3.8) is 0 Å². The summed E-state index contributed by atoms with van der Waals surface area (Å²) >= 11 is 0. The fraction of sp³-hybridized carbons (Fsp3) is 0.562. The van der Waals surface area contributed by atoms with E-state index in [0.717, 1.165) is 18.6 Å². The van der Waals surface area contributed by atoms with Gasteiger partial charge in [-0.1, -0.05) is 20.8 Å². The number of aryl methyl sites for hydroxylation is 2. The van der Waals surface area contributed by atoms with E-state index in [-0.39, 0.29) is 0 Å². The molecule has 0 saturated heterocycles. The first kappa shape index (κ1) is 14.1. The molecule has 1 heterocycles. The Balaban J connectivity index is 2.45. The Hall–Kier alpha value is -1.35. The van der Waals surface area contributed by atoms with E-state index in [0.29, 0.717) is 12.0 Å². The quantitative estimate of drug-likeness (QED) is 0.891. The van der Waals surface area contributed by atoms with Crippen molar-refractivity contribution < 1.29 is 0 Å². The second-order valence-corrected chi connectivity index (χ2v) is 5.70. The SMILES string of the molecule is CCNCC(C(C)C)n1cnc2cc(C)c(C)cc21. The molecule has 0 saturated carbocycles. The molecule has 0 amide bonds. The van der Waals surface area contributed by atoms with Crippen LogP contribution in [0.4, 0.5) is 0 Å². The summed E-state index contributed by atoms with van der Waals surface area (Å²) in [6.07, 6.45) is 1.99. The Morgan fingerprint density at radius 2 is 1.89 bits per heavy atom. The molecule has 1 atom stereocenters. The minimum Gasteiger partial charge on any atom is -0.326 e. The summed E-state index contributed by atoms with van der Waals surface area (Å²) in [6.45, 7) is 13.0. The highest BCUT2D eigenvalue weighted by Gasteiger charge is 2.17. The van der Waals surface area contributed by atoms with Crippen molar-refractivity contribution in [1.29, 1.82) is 0 Å². The number of nitrogens with zero attached hydrogens (tertiary/aromatic N) is 2. The van der Waals surface area contributed by atoms with Gasteiger partial charge in [0, 0.05) is 12.6 Å². The molecule has 0 aliphatic rings. The van der Waals surface area contributed by atoms with E-state index >= 15 is 0 Å². The summed E-state index contributed by atoms with van der Waals surface area (Å²) in [6, 6.07) is 4.90. The first-order valence-corrected chi connectivity index (χ1v) is 7.19. The molecule has 1 aromatic carbocycles.